The molecule has 0 aliphatic rings. The van der Waals surface area contributed by atoms with Crippen molar-refractivity contribution in [1.82, 2.24) is 9.78 Å². The van der Waals surface area contributed by atoms with Gasteiger partial charge in [-0.05, 0) is 19.6 Å². The monoisotopic (exact) mass is 242 g/mol. The molecule has 1 aromatic rings. The third kappa shape index (κ3) is 3.07. The minimum Gasteiger partial charge on any atom is -0.394 e. The number of anilines is 2. The van der Waals surface area contributed by atoms with E-state index in [9.17, 15) is 0 Å². The van der Waals surface area contributed by atoms with Crippen molar-refractivity contribution in [3.8, 4) is 0 Å². The number of thioether (sulfide) groups is 1. The van der Waals surface area contributed by atoms with Gasteiger partial charge in [-0.3, -0.25) is 4.68 Å². The van der Waals surface area contributed by atoms with E-state index in [0.29, 0.717) is 6.04 Å². The number of nitrogen functional groups attached to an aromatic ring is 1. The van der Waals surface area contributed by atoms with Crippen LogP contribution in [0.25, 0.3) is 0 Å². The molecule has 0 spiro atoms. The highest BCUT2D eigenvalue weighted by atomic mass is 32.2. The van der Waals surface area contributed by atoms with Gasteiger partial charge in [0.15, 0.2) is 0 Å². The molecule has 1 heterocycles. The minimum absolute atomic E-state index is 0.405. The average molecular weight is 242 g/mol. The van der Waals surface area contributed by atoms with E-state index in [4.69, 9.17) is 5.73 Å². The van der Waals surface area contributed by atoms with Crippen LogP contribution in [0.5, 0.6) is 0 Å². The Hall–Kier alpha value is -0.840. The van der Waals surface area contributed by atoms with Gasteiger partial charge in [-0.2, -0.15) is 16.9 Å². The smallest absolute Gasteiger partial charge is 0.148 e. The van der Waals surface area contributed by atoms with Gasteiger partial charge in [0, 0.05) is 18.8 Å². The van der Waals surface area contributed by atoms with Gasteiger partial charge in [0.05, 0.1) is 11.4 Å². The Labute approximate surface area is 102 Å². The molecule has 0 radical (unpaired) electrons. The lowest BCUT2D eigenvalue weighted by molar-refractivity contribution is 0.728. The molecule has 1 rings (SSSR count). The molecule has 0 fully saturated rings. The first-order valence-electron chi connectivity index (χ1n) is 5.66. The summed E-state index contributed by atoms with van der Waals surface area (Å²) in [7, 11) is 1.93. The highest BCUT2D eigenvalue weighted by molar-refractivity contribution is 7.98. The second-order valence-corrected chi connectivity index (χ2v) is 4.99. The number of aromatic nitrogens is 2. The summed E-state index contributed by atoms with van der Waals surface area (Å²) in [5.74, 6) is 2.01. The van der Waals surface area contributed by atoms with Crippen molar-refractivity contribution >= 4 is 23.3 Å². The highest BCUT2D eigenvalue weighted by Crippen LogP contribution is 2.23. The standard InChI is InChI=1S/C11H22N4S/c1-5-6-9-10(12)11(15(3)14-9)13-8(2)7-16-4/h8,13H,5-7,12H2,1-4H3. The van der Waals surface area contributed by atoms with Crippen LogP contribution in [0.1, 0.15) is 26.0 Å². The zero-order valence-corrected chi connectivity index (χ0v) is 11.4. The SMILES string of the molecule is CCCc1nn(C)c(NC(C)CSC)c1N. The van der Waals surface area contributed by atoms with Gasteiger partial charge >= 0.3 is 0 Å². The number of nitrogens with one attached hydrogen (secondary N) is 1. The molecule has 0 aliphatic heterocycles. The Morgan fingerprint density at radius 3 is 2.81 bits per heavy atom. The van der Waals surface area contributed by atoms with Crippen molar-refractivity contribution in [1.29, 1.82) is 0 Å². The highest BCUT2D eigenvalue weighted by Gasteiger charge is 2.14. The van der Waals surface area contributed by atoms with E-state index in [1.807, 2.05) is 23.5 Å². The van der Waals surface area contributed by atoms with Crippen molar-refractivity contribution in [3.63, 3.8) is 0 Å². The lowest BCUT2D eigenvalue weighted by Crippen LogP contribution is -2.20. The van der Waals surface area contributed by atoms with E-state index in [1.54, 1.807) is 0 Å². The van der Waals surface area contributed by atoms with E-state index in [2.05, 4.69) is 30.5 Å². The van der Waals surface area contributed by atoms with Gasteiger partial charge < -0.3 is 11.1 Å². The predicted octanol–water partition coefficient (Wildman–Crippen LogP) is 2.12. The van der Waals surface area contributed by atoms with Crippen molar-refractivity contribution in [3.05, 3.63) is 5.69 Å². The Morgan fingerprint density at radius 2 is 2.25 bits per heavy atom. The molecule has 92 valence electrons. The van der Waals surface area contributed by atoms with Gasteiger partial charge in [0.25, 0.3) is 0 Å². The van der Waals surface area contributed by atoms with Crippen LogP contribution in [-0.4, -0.2) is 27.8 Å². The second kappa shape index (κ2) is 6.03. The zero-order valence-electron chi connectivity index (χ0n) is 10.6. The number of hydrogen-bond donors (Lipinski definition) is 2. The lowest BCUT2D eigenvalue weighted by Gasteiger charge is -2.14. The fraction of sp³-hybridized carbons (Fsp3) is 0.727. The molecule has 1 atom stereocenters. The van der Waals surface area contributed by atoms with Gasteiger partial charge in [-0.15, -0.1) is 0 Å². The maximum absolute atomic E-state index is 6.08. The number of hydrogen-bond acceptors (Lipinski definition) is 4. The van der Waals surface area contributed by atoms with E-state index in [-0.39, 0.29) is 0 Å². The molecular weight excluding hydrogens is 220 g/mol. The summed E-state index contributed by atoms with van der Waals surface area (Å²) >= 11 is 1.82. The van der Waals surface area contributed by atoms with Gasteiger partial charge in [-0.1, -0.05) is 13.3 Å². The first-order chi connectivity index (χ1) is 7.60. The molecule has 1 aromatic heterocycles. The molecule has 0 bridgehead atoms. The Bertz CT molecular complexity index is 335. The van der Waals surface area contributed by atoms with Crippen molar-refractivity contribution in [2.75, 3.05) is 23.1 Å². The third-order valence-corrected chi connectivity index (χ3v) is 3.28. The van der Waals surface area contributed by atoms with E-state index in [1.165, 1.54) is 0 Å². The van der Waals surface area contributed by atoms with Crippen LogP contribution in [0.15, 0.2) is 0 Å². The lowest BCUT2D eigenvalue weighted by atomic mass is 10.2. The molecule has 0 saturated carbocycles. The maximum Gasteiger partial charge on any atom is 0.148 e. The Balaban J connectivity index is 2.79. The summed E-state index contributed by atoms with van der Waals surface area (Å²) in [6, 6.07) is 0.405. The van der Waals surface area contributed by atoms with Crippen LogP contribution in [0.4, 0.5) is 11.5 Å². The third-order valence-electron chi connectivity index (χ3n) is 2.45. The van der Waals surface area contributed by atoms with Crippen LogP contribution in [0.2, 0.25) is 0 Å². The summed E-state index contributed by atoms with van der Waals surface area (Å²) in [4.78, 5) is 0. The summed E-state index contributed by atoms with van der Waals surface area (Å²) in [5.41, 5.74) is 7.89. The van der Waals surface area contributed by atoms with Crippen LogP contribution >= 0.6 is 11.8 Å². The largest absolute Gasteiger partial charge is 0.394 e. The summed E-state index contributed by atoms with van der Waals surface area (Å²) in [5, 5.41) is 7.85. The van der Waals surface area contributed by atoms with Crippen molar-refractivity contribution < 1.29 is 0 Å². The Kier molecular flexibility index (Phi) is 4.99. The second-order valence-electron chi connectivity index (χ2n) is 4.08. The van der Waals surface area contributed by atoms with E-state index in [0.717, 1.165) is 35.8 Å². The first kappa shape index (κ1) is 13.2. The quantitative estimate of drug-likeness (QED) is 0.802. The maximum atomic E-state index is 6.08. The molecule has 0 aromatic carbocycles. The predicted molar refractivity (Wildman–Crippen MR) is 73.1 cm³/mol. The number of nitrogens with zero attached hydrogens (tertiary/aromatic N) is 2. The van der Waals surface area contributed by atoms with Crippen molar-refractivity contribution in [2.45, 2.75) is 32.7 Å². The summed E-state index contributed by atoms with van der Waals surface area (Å²) in [6.07, 6.45) is 4.12. The molecule has 3 N–H and O–H groups in total. The summed E-state index contributed by atoms with van der Waals surface area (Å²) < 4.78 is 1.84. The molecule has 0 aliphatic carbocycles. The molecule has 16 heavy (non-hydrogen) atoms. The van der Waals surface area contributed by atoms with Crippen LogP contribution in [-0.2, 0) is 13.5 Å². The van der Waals surface area contributed by atoms with Gasteiger partial charge in [0.1, 0.15) is 5.82 Å². The number of rotatable bonds is 6. The number of nitrogens with two attached hydrogens (primary N) is 1. The molecular formula is C11H22N4S. The van der Waals surface area contributed by atoms with Crippen LogP contribution < -0.4 is 11.1 Å². The molecule has 0 amide bonds. The number of aryl methyl sites for hydroxylation is 2. The van der Waals surface area contributed by atoms with Crippen molar-refractivity contribution in [2.24, 2.45) is 7.05 Å². The molecule has 0 saturated heterocycles. The Morgan fingerprint density at radius 1 is 1.56 bits per heavy atom. The van der Waals surface area contributed by atoms with Crippen LogP contribution in [0, 0.1) is 0 Å². The van der Waals surface area contributed by atoms with Gasteiger partial charge in [0.2, 0.25) is 0 Å². The normalized spacial score (nSPS) is 12.8. The first-order valence-corrected chi connectivity index (χ1v) is 7.06. The average Bonchev–Trinajstić information content (AvgIpc) is 2.47. The minimum atomic E-state index is 0.405. The van der Waals surface area contributed by atoms with Gasteiger partial charge in [-0.25, -0.2) is 0 Å². The van der Waals surface area contributed by atoms with E-state index >= 15 is 0 Å². The molecule has 5 heteroatoms. The van der Waals surface area contributed by atoms with E-state index < -0.39 is 0 Å². The molecule has 1 unspecified atom stereocenters. The fourth-order valence-corrected chi connectivity index (χ4v) is 2.30. The fourth-order valence-electron chi connectivity index (χ4n) is 1.71. The zero-order chi connectivity index (χ0) is 12.1. The summed E-state index contributed by atoms with van der Waals surface area (Å²) in [6.45, 7) is 4.29. The topological polar surface area (TPSA) is 55.9 Å². The molecule has 4 nitrogen and oxygen atoms in total. The van der Waals surface area contributed by atoms with Crippen LogP contribution in [0.3, 0.4) is 0 Å².